The third-order valence-corrected chi connectivity index (χ3v) is 8.00. The smallest absolute Gasteiger partial charge is 0.233 e. The molecule has 196 valence electrons. The first-order valence-corrected chi connectivity index (χ1v) is 13.4. The van der Waals surface area contributed by atoms with Crippen LogP contribution in [0.3, 0.4) is 0 Å². The third-order valence-electron chi connectivity index (χ3n) is 8.00. The van der Waals surface area contributed by atoms with Gasteiger partial charge in [0.25, 0.3) is 0 Å². The van der Waals surface area contributed by atoms with Crippen molar-refractivity contribution in [1.29, 1.82) is 0 Å². The van der Waals surface area contributed by atoms with Crippen molar-refractivity contribution in [2.75, 3.05) is 13.2 Å². The monoisotopic (exact) mass is 504 g/mol. The van der Waals surface area contributed by atoms with Gasteiger partial charge in [-0.3, -0.25) is 19.5 Å². The normalized spacial score (nSPS) is 25.9. The molecule has 1 aliphatic carbocycles. The zero-order valence-electron chi connectivity index (χ0n) is 21.9. The summed E-state index contributed by atoms with van der Waals surface area (Å²) in [4.78, 5) is 32.5. The molecule has 2 fully saturated rings. The van der Waals surface area contributed by atoms with Crippen LogP contribution in [0.1, 0.15) is 63.7 Å². The molecule has 0 spiro atoms. The molecule has 4 atom stereocenters. The Balaban J connectivity index is 1.42. The molecule has 5 rings (SSSR count). The van der Waals surface area contributed by atoms with E-state index in [2.05, 4.69) is 18.8 Å². The number of aromatic nitrogens is 1. The van der Waals surface area contributed by atoms with E-state index in [9.17, 15) is 14.7 Å². The number of rotatable bonds is 9. The molecular weight excluding hydrogens is 468 g/mol. The first-order chi connectivity index (χ1) is 17.9. The number of hydrogen-bond acceptors (Lipinski definition) is 6. The number of carbonyl (C=O) groups is 2. The molecule has 37 heavy (non-hydrogen) atoms. The van der Waals surface area contributed by atoms with Crippen molar-refractivity contribution in [3.05, 3.63) is 64.9 Å². The van der Waals surface area contributed by atoms with Gasteiger partial charge in [0.2, 0.25) is 11.8 Å². The predicted molar refractivity (Wildman–Crippen MR) is 140 cm³/mol. The fourth-order valence-electron chi connectivity index (χ4n) is 6.31. The molecule has 0 bridgehead atoms. The summed E-state index contributed by atoms with van der Waals surface area (Å²) in [6.45, 7) is 7.19. The van der Waals surface area contributed by atoms with E-state index in [1.807, 2.05) is 37.3 Å². The number of amides is 2. The second-order valence-electron chi connectivity index (χ2n) is 10.6. The van der Waals surface area contributed by atoms with Crippen LogP contribution in [0.25, 0.3) is 11.6 Å². The molecule has 7 heteroatoms. The van der Waals surface area contributed by atoms with Crippen LogP contribution < -0.4 is 0 Å². The Morgan fingerprint density at radius 1 is 1.19 bits per heavy atom. The summed E-state index contributed by atoms with van der Waals surface area (Å²) in [6.07, 6.45) is 6.54. The summed E-state index contributed by atoms with van der Waals surface area (Å²) in [5, 5.41) is 9.38. The summed E-state index contributed by atoms with van der Waals surface area (Å²) in [5.41, 5.74) is 4.42. The molecule has 2 aromatic rings. The van der Waals surface area contributed by atoms with E-state index in [0.29, 0.717) is 37.5 Å². The van der Waals surface area contributed by atoms with Gasteiger partial charge in [0.05, 0.1) is 30.2 Å². The van der Waals surface area contributed by atoms with Gasteiger partial charge in [0, 0.05) is 18.7 Å². The van der Waals surface area contributed by atoms with Crippen LogP contribution in [0.15, 0.2) is 52.1 Å². The van der Waals surface area contributed by atoms with E-state index in [0.717, 1.165) is 24.1 Å². The molecule has 2 aliphatic heterocycles. The van der Waals surface area contributed by atoms with Crippen molar-refractivity contribution in [2.24, 2.45) is 23.7 Å². The fraction of sp³-hybridized carbons (Fsp3) is 0.500. The number of allylic oxidation sites excluding steroid dienone is 2. The molecule has 0 radical (unpaired) electrons. The summed E-state index contributed by atoms with van der Waals surface area (Å²) >= 11 is 0. The zero-order chi connectivity index (χ0) is 26.1. The number of fused-ring (bicyclic) bond motifs is 3. The average molecular weight is 505 g/mol. The molecule has 3 aliphatic rings. The number of aliphatic hydroxyl groups excluding tert-OH is 1. The number of aliphatic hydroxyl groups is 1. The molecule has 2 saturated heterocycles. The van der Waals surface area contributed by atoms with Gasteiger partial charge in [-0.1, -0.05) is 32.4 Å². The summed E-state index contributed by atoms with van der Waals surface area (Å²) in [5.74, 6) is 0.879. The van der Waals surface area contributed by atoms with Crippen LogP contribution in [0.2, 0.25) is 0 Å². The number of carbonyl (C=O) groups excluding carboxylic acids is 2. The number of nitrogens with zero attached hydrogens (tertiary/aromatic N) is 2. The van der Waals surface area contributed by atoms with Crippen molar-refractivity contribution >= 4 is 23.5 Å². The van der Waals surface area contributed by atoms with Crippen molar-refractivity contribution in [3.63, 3.8) is 0 Å². The highest BCUT2D eigenvalue weighted by Crippen LogP contribution is 2.51. The maximum Gasteiger partial charge on any atom is 0.233 e. The minimum Gasteiger partial charge on any atom is -0.459 e. The Morgan fingerprint density at radius 3 is 2.70 bits per heavy atom. The molecule has 1 N–H and O–H groups in total. The highest BCUT2D eigenvalue weighted by molar-refractivity contribution is 6.06. The van der Waals surface area contributed by atoms with Crippen molar-refractivity contribution in [2.45, 2.75) is 59.2 Å². The van der Waals surface area contributed by atoms with E-state index in [-0.39, 0.29) is 48.2 Å². The largest absolute Gasteiger partial charge is 0.459 e. The van der Waals surface area contributed by atoms with Crippen LogP contribution in [0.4, 0.5) is 0 Å². The van der Waals surface area contributed by atoms with Crippen LogP contribution in [0, 0.1) is 23.7 Å². The van der Waals surface area contributed by atoms with Crippen molar-refractivity contribution in [3.8, 4) is 0 Å². The number of hydrogen-bond donors (Lipinski definition) is 1. The van der Waals surface area contributed by atoms with Gasteiger partial charge >= 0.3 is 0 Å². The Labute approximate surface area is 218 Å². The Kier molecular flexibility index (Phi) is 7.45. The zero-order valence-corrected chi connectivity index (χ0v) is 21.9. The van der Waals surface area contributed by atoms with Crippen LogP contribution in [0.5, 0.6) is 0 Å². The fourth-order valence-corrected chi connectivity index (χ4v) is 6.31. The lowest BCUT2D eigenvalue weighted by molar-refractivity contribution is -0.140. The number of pyridine rings is 1. The molecule has 2 amide bonds. The molecule has 0 unspecified atom stereocenters. The molecule has 4 heterocycles. The number of ether oxygens (including phenoxy) is 1. The highest BCUT2D eigenvalue weighted by atomic mass is 16.5. The minimum absolute atomic E-state index is 0.00133. The second kappa shape index (κ2) is 10.8. The highest BCUT2D eigenvalue weighted by Gasteiger charge is 2.56. The minimum atomic E-state index is -0.299. The molecule has 0 saturated carbocycles. The van der Waals surface area contributed by atoms with Gasteiger partial charge in [0.1, 0.15) is 18.1 Å². The number of furan rings is 1. The van der Waals surface area contributed by atoms with Gasteiger partial charge < -0.3 is 14.3 Å². The van der Waals surface area contributed by atoms with Gasteiger partial charge in [-0.15, -0.1) is 0 Å². The molecule has 7 nitrogen and oxygen atoms in total. The average Bonchev–Trinajstić information content (AvgIpc) is 3.60. The summed E-state index contributed by atoms with van der Waals surface area (Å²) in [6, 6.07) is 9.46. The number of imide groups is 1. The van der Waals surface area contributed by atoms with E-state index < -0.39 is 0 Å². The van der Waals surface area contributed by atoms with Gasteiger partial charge in [-0.25, -0.2) is 0 Å². The lowest BCUT2D eigenvalue weighted by Gasteiger charge is -2.33. The third kappa shape index (κ3) is 4.82. The Bertz CT molecular complexity index is 1210. The number of likely N-dealkylation sites (tertiary alicyclic amines) is 1. The quantitative estimate of drug-likeness (QED) is 0.387. The maximum absolute atomic E-state index is 13.3. The predicted octanol–water partition coefficient (Wildman–Crippen LogP) is 4.87. The lowest BCUT2D eigenvalue weighted by Crippen LogP contribution is -2.35. The van der Waals surface area contributed by atoms with Gasteiger partial charge in [0.15, 0.2) is 0 Å². The Morgan fingerprint density at radius 2 is 2.03 bits per heavy atom. The lowest BCUT2D eigenvalue weighted by atomic mass is 9.67. The topological polar surface area (TPSA) is 92.9 Å². The summed E-state index contributed by atoms with van der Waals surface area (Å²) in [7, 11) is 0. The van der Waals surface area contributed by atoms with E-state index in [1.165, 1.54) is 16.0 Å². The van der Waals surface area contributed by atoms with Crippen LogP contribution >= 0.6 is 0 Å². The SMILES string of the molecule is CCCN1C(=O)[C@@H]2[C@@H](CC(C(C)C)=C3[C@@H](CC/C(=C/c4ccc(CO)o4)c4ccccn4)OC[C@@H]32)C1=O. The van der Waals surface area contributed by atoms with Gasteiger partial charge in [-0.05, 0) is 73.1 Å². The Hall–Kier alpha value is -3.03. The van der Waals surface area contributed by atoms with E-state index >= 15 is 0 Å². The van der Waals surface area contributed by atoms with Crippen LogP contribution in [-0.4, -0.2) is 46.1 Å². The van der Waals surface area contributed by atoms with Crippen molar-refractivity contribution < 1.29 is 23.8 Å². The standard InChI is InChI=1S/C30H36N2O5/c1-4-13-32-29(34)23-15-22(18(2)3)27-24(28(23)30(32)35)17-36-26(27)11-8-19(25-7-5-6-12-31-25)14-20-9-10-21(16-33)37-20/h5-7,9-10,12,14,18,23-24,26,28,33H,4,8,11,13,15-17H2,1-3H3/b19-14-/t23-,24+,26-,28-/m1/s1. The first-order valence-electron chi connectivity index (χ1n) is 13.4. The maximum atomic E-state index is 13.3. The molecular formula is C30H36N2O5. The van der Waals surface area contributed by atoms with Crippen molar-refractivity contribution in [1.82, 2.24) is 9.88 Å². The van der Waals surface area contributed by atoms with Gasteiger partial charge in [-0.2, -0.15) is 0 Å². The molecule has 0 aromatic carbocycles. The van der Waals surface area contributed by atoms with E-state index in [4.69, 9.17) is 9.15 Å². The first kappa shape index (κ1) is 25.6. The second-order valence-corrected chi connectivity index (χ2v) is 10.6. The molecule has 2 aromatic heterocycles. The van der Waals surface area contributed by atoms with Crippen LogP contribution in [-0.2, 0) is 20.9 Å². The summed E-state index contributed by atoms with van der Waals surface area (Å²) < 4.78 is 12.1. The van der Waals surface area contributed by atoms with E-state index in [1.54, 1.807) is 12.3 Å².